The third-order valence-corrected chi connectivity index (χ3v) is 6.08. The molecule has 38 heavy (non-hydrogen) atoms. The predicted molar refractivity (Wildman–Crippen MR) is 139 cm³/mol. The van der Waals surface area contributed by atoms with Crippen molar-refractivity contribution >= 4 is 34.9 Å². The maximum absolute atomic E-state index is 13.2. The van der Waals surface area contributed by atoms with E-state index in [-0.39, 0.29) is 11.5 Å². The molecule has 8 nitrogen and oxygen atoms in total. The number of aromatic nitrogens is 2. The van der Waals surface area contributed by atoms with Crippen molar-refractivity contribution < 1.29 is 22.8 Å². The van der Waals surface area contributed by atoms with E-state index in [1.807, 2.05) is 0 Å². The van der Waals surface area contributed by atoms with E-state index < -0.39 is 23.3 Å². The normalized spacial score (nSPS) is 11.8. The standard InChI is InChI=1S/C26H22ClF3N6O2/c1-36-22(34-23(37)16-5-4-6-17(13-16)25(31,32)26(28,29)30)14-21(35-36)15-9-11-18(12-10-15)33-24(38)19-7-2-3-8-20(19)27/h2-14H,31-32H2,1H3,(H,33,38)(H,34,37). The van der Waals surface area contributed by atoms with Crippen LogP contribution in [0, 0.1) is 0 Å². The first-order valence-electron chi connectivity index (χ1n) is 11.1. The van der Waals surface area contributed by atoms with Crippen molar-refractivity contribution in [3.8, 4) is 11.3 Å². The summed E-state index contributed by atoms with van der Waals surface area (Å²) in [5, 5.41) is 10.1. The summed E-state index contributed by atoms with van der Waals surface area (Å²) in [6, 6.07) is 19.8. The number of amides is 2. The summed E-state index contributed by atoms with van der Waals surface area (Å²) in [6.07, 6.45) is -4.91. The summed E-state index contributed by atoms with van der Waals surface area (Å²) in [7, 11) is 1.60. The molecule has 0 radical (unpaired) electrons. The van der Waals surface area contributed by atoms with E-state index in [9.17, 15) is 22.8 Å². The summed E-state index contributed by atoms with van der Waals surface area (Å²) < 4.78 is 41.0. The van der Waals surface area contributed by atoms with Gasteiger partial charge in [0, 0.05) is 29.9 Å². The molecular weight excluding hydrogens is 521 g/mol. The van der Waals surface area contributed by atoms with Crippen molar-refractivity contribution in [1.82, 2.24) is 9.78 Å². The maximum Gasteiger partial charge on any atom is 0.423 e. The van der Waals surface area contributed by atoms with Crippen molar-refractivity contribution in [2.45, 2.75) is 11.8 Å². The van der Waals surface area contributed by atoms with Crippen LogP contribution < -0.4 is 22.1 Å². The highest BCUT2D eigenvalue weighted by atomic mass is 35.5. The molecule has 0 saturated carbocycles. The van der Waals surface area contributed by atoms with Gasteiger partial charge in [-0.1, -0.05) is 48.0 Å². The van der Waals surface area contributed by atoms with Crippen LogP contribution in [0.4, 0.5) is 24.7 Å². The van der Waals surface area contributed by atoms with Crippen LogP contribution in [0.15, 0.2) is 78.9 Å². The Labute approximate surface area is 220 Å². The number of carbonyl (C=O) groups is 2. The van der Waals surface area contributed by atoms with Gasteiger partial charge in [-0.05, 0) is 42.0 Å². The second-order valence-electron chi connectivity index (χ2n) is 8.45. The molecule has 0 atom stereocenters. The van der Waals surface area contributed by atoms with E-state index in [1.54, 1.807) is 61.6 Å². The van der Waals surface area contributed by atoms with Crippen LogP contribution >= 0.6 is 11.6 Å². The zero-order valence-electron chi connectivity index (χ0n) is 19.9. The molecule has 0 fully saturated rings. The van der Waals surface area contributed by atoms with E-state index >= 15 is 0 Å². The SMILES string of the molecule is Cn1nc(-c2ccc(NC(=O)c3ccccc3Cl)cc2)cc1NC(=O)c1cccc(C(N)(N)C(F)(F)F)c1. The average Bonchev–Trinajstić information content (AvgIpc) is 3.24. The zero-order chi connectivity index (χ0) is 27.7. The lowest BCUT2D eigenvalue weighted by Gasteiger charge is -2.28. The highest BCUT2D eigenvalue weighted by Gasteiger charge is 2.50. The lowest BCUT2D eigenvalue weighted by molar-refractivity contribution is -0.188. The number of nitrogens with zero attached hydrogens (tertiary/aromatic N) is 2. The number of anilines is 2. The number of hydrogen-bond donors (Lipinski definition) is 4. The Morgan fingerprint density at radius 3 is 2.24 bits per heavy atom. The lowest BCUT2D eigenvalue weighted by atomic mass is 9.98. The Kier molecular flexibility index (Phi) is 7.27. The maximum atomic E-state index is 13.2. The average molecular weight is 543 g/mol. The molecule has 6 N–H and O–H groups in total. The summed E-state index contributed by atoms with van der Waals surface area (Å²) in [6.45, 7) is 0. The van der Waals surface area contributed by atoms with Gasteiger partial charge in [0.15, 0.2) is 5.66 Å². The molecule has 0 aliphatic carbocycles. The minimum Gasteiger partial charge on any atom is -0.322 e. The molecule has 0 aliphatic heterocycles. The van der Waals surface area contributed by atoms with Crippen LogP contribution in [-0.2, 0) is 12.7 Å². The first-order valence-corrected chi connectivity index (χ1v) is 11.5. The van der Waals surface area contributed by atoms with Crippen molar-refractivity contribution in [1.29, 1.82) is 0 Å². The predicted octanol–water partition coefficient (Wildman–Crippen LogP) is 4.88. The molecular formula is C26H22ClF3N6O2. The van der Waals surface area contributed by atoms with E-state index in [1.165, 1.54) is 16.8 Å². The molecule has 12 heteroatoms. The van der Waals surface area contributed by atoms with Gasteiger partial charge >= 0.3 is 6.18 Å². The first-order chi connectivity index (χ1) is 17.9. The molecule has 1 aromatic heterocycles. The van der Waals surface area contributed by atoms with Crippen LogP contribution in [0.1, 0.15) is 26.3 Å². The summed E-state index contributed by atoms with van der Waals surface area (Å²) in [5.74, 6) is -0.724. The quantitative estimate of drug-likeness (QED) is 0.258. The van der Waals surface area contributed by atoms with Crippen molar-refractivity contribution in [3.05, 3.63) is 101 Å². The second-order valence-corrected chi connectivity index (χ2v) is 8.86. The van der Waals surface area contributed by atoms with Gasteiger partial charge in [0.1, 0.15) is 5.82 Å². The highest BCUT2D eigenvalue weighted by Crippen LogP contribution is 2.33. The van der Waals surface area contributed by atoms with Gasteiger partial charge in [0.05, 0.1) is 16.3 Å². The molecule has 0 bridgehead atoms. The number of alkyl halides is 3. The van der Waals surface area contributed by atoms with Gasteiger partial charge in [-0.15, -0.1) is 0 Å². The van der Waals surface area contributed by atoms with Gasteiger partial charge in [-0.3, -0.25) is 14.3 Å². The Hall–Kier alpha value is -4.19. The Morgan fingerprint density at radius 2 is 1.58 bits per heavy atom. The molecule has 3 aromatic carbocycles. The number of hydrogen-bond acceptors (Lipinski definition) is 5. The first kappa shape index (κ1) is 26.9. The fourth-order valence-corrected chi connectivity index (χ4v) is 3.78. The third-order valence-electron chi connectivity index (χ3n) is 5.75. The Bertz CT molecular complexity index is 1500. The van der Waals surface area contributed by atoms with Gasteiger partial charge in [0.25, 0.3) is 11.8 Å². The summed E-state index contributed by atoms with van der Waals surface area (Å²) in [5.41, 5.74) is 9.03. The topological polar surface area (TPSA) is 128 Å². The number of halogens is 4. The highest BCUT2D eigenvalue weighted by molar-refractivity contribution is 6.34. The Balaban J connectivity index is 1.48. The Morgan fingerprint density at radius 1 is 0.895 bits per heavy atom. The fourth-order valence-electron chi connectivity index (χ4n) is 3.56. The van der Waals surface area contributed by atoms with E-state index in [0.717, 1.165) is 12.1 Å². The number of nitrogens with two attached hydrogens (primary N) is 2. The molecule has 0 spiro atoms. The molecule has 0 saturated heterocycles. The third kappa shape index (κ3) is 5.54. The van der Waals surface area contributed by atoms with Crippen molar-refractivity contribution in [2.24, 2.45) is 18.5 Å². The molecule has 196 valence electrons. The minimum absolute atomic E-state index is 0.0617. The summed E-state index contributed by atoms with van der Waals surface area (Å²) >= 11 is 6.07. The smallest absolute Gasteiger partial charge is 0.322 e. The van der Waals surface area contributed by atoms with Crippen LogP contribution in [-0.4, -0.2) is 27.8 Å². The second kappa shape index (κ2) is 10.3. The van der Waals surface area contributed by atoms with E-state index in [0.29, 0.717) is 33.3 Å². The van der Waals surface area contributed by atoms with Crippen LogP contribution in [0.25, 0.3) is 11.3 Å². The molecule has 0 unspecified atom stereocenters. The molecule has 4 aromatic rings. The van der Waals surface area contributed by atoms with Gasteiger partial charge in [-0.2, -0.15) is 18.3 Å². The van der Waals surface area contributed by atoms with E-state index in [2.05, 4.69) is 15.7 Å². The zero-order valence-corrected chi connectivity index (χ0v) is 20.6. The van der Waals surface area contributed by atoms with Gasteiger partial charge in [-0.25, -0.2) is 0 Å². The number of aryl methyl sites for hydroxylation is 1. The molecule has 2 amide bonds. The number of carbonyl (C=O) groups excluding carboxylic acids is 2. The van der Waals surface area contributed by atoms with Gasteiger partial charge in [0.2, 0.25) is 0 Å². The van der Waals surface area contributed by atoms with Crippen molar-refractivity contribution in [3.63, 3.8) is 0 Å². The molecule has 4 rings (SSSR count). The monoisotopic (exact) mass is 542 g/mol. The number of nitrogens with one attached hydrogen (secondary N) is 2. The number of rotatable bonds is 6. The van der Waals surface area contributed by atoms with Gasteiger partial charge < -0.3 is 22.1 Å². The largest absolute Gasteiger partial charge is 0.423 e. The van der Waals surface area contributed by atoms with Crippen LogP contribution in [0.2, 0.25) is 5.02 Å². The number of benzene rings is 3. The van der Waals surface area contributed by atoms with Crippen molar-refractivity contribution in [2.75, 3.05) is 10.6 Å². The fraction of sp³-hybridized carbons (Fsp3) is 0.115. The van der Waals surface area contributed by atoms with Crippen LogP contribution in [0.5, 0.6) is 0 Å². The van der Waals surface area contributed by atoms with E-state index in [4.69, 9.17) is 23.1 Å². The van der Waals surface area contributed by atoms with Crippen LogP contribution in [0.3, 0.4) is 0 Å². The minimum atomic E-state index is -4.91. The molecule has 1 heterocycles. The summed E-state index contributed by atoms with van der Waals surface area (Å²) in [4.78, 5) is 25.2. The molecule has 0 aliphatic rings. The lowest BCUT2D eigenvalue weighted by Crippen LogP contribution is -2.57.